The molecular formula is C18H25FN3O5+. The predicted molar refractivity (Wildman–Crippen MR) is 97.3 cm³/mol. The number of hydrogen-bond donors (Lipinski definition) is 3. The van der Waals surface area contributed by atoms with Gasteiger partial charge in [-0.2, -0.15) is 0 Å². The number of carbonyl (C=O) groups excluding carboxylic acids is 2. The van der Waals surface area contributed by atoms with Crippen LogP contribution in [0.5, 0.6) is 0 Å². The lowest BCUT2D eigenvalue weighted by molar-refractivity contribution is -0.877. The van der Waals surface area contributed by atoms with Crippen molar-refractivity contribution in [3.05, 3.63) is 29.7 Å². The van der Waals surface area contributed by atoms with Gasteiger partial charge in [-0.3, -0.25) is 4.79 Å². The molecule has 3 N–H and O–H groups in total. The Balaban J connectivity index is 2.23. The highest BCUT2D eigenvalue weighted by Gasteiger charge is 2.23. The molecule has 0 radical (unpaired) electrons. The van der Waals surface area contributed by atoms with Crippen molar-refractivity contribution >= 4 is 28.5 Å². The summed E-state index contributed by atoms with van der Waals surface area (Å²) in [6.45, 7) is 2.41. The van der Waals surface area contributed by atoms with Crippen molar-refractivity contribution < 1.29 is 33.1 Å². The smallest absolute Gasteiger partial charge is 0.356 e. The van der Waals surface area contributed by atoms with Gasteiger partial charge >= 0.3 is 5.97 Å². The number of halogens is 1. The van der Waals surface area contributed by atoms with E-state index in [-0.39, 0.29) is 30.4 Å². The van der Waals surface area contributed by atoms with Crippen LogP contribution in [-0.4, -0.2) is 64.1 Å². The van der Waals surface area contributed by atoms with Crippen LogP contribution in [0.3, 0.4) is 0 Å². The van der Waals surface area contributed by atoms with Crippen LogP contribution in [0.4, 0.5) is 10.1 Å². The average molecular weight is 382 g/mol. The number of nitrogens with one attached hydrogen (secondary N) is 3. The van der Waals surface area contributed by atoms with E-state index in [2.05, 4.69) is 10.3 Å². The molecule has 0 saturated heterocycles. The van der Waals surface area contributed by atoms with Crippen LogP contribution in [0.2, 0.25) is 0 Å². The maximum atomic E-state index is 13.7. The van der Waals surface area contributed by atoms with Crippen molar-refractivity contribution in [2.24, 2.45) is 0 Å². The van der Waals surface area contributed by atoms with E-state index in [1.165, 1.54) is 32.4 Å². The van der Waals surface area contributed by atoms with Gasteiger partial charge in [0.1, 0.15) is 18.1 Å². The third-order valence-corrected chi connectivity index (χ3v) is 4.01. The van der Waals surface area contributed by atoms with Crippen LogP contribution in [0.1, 0.15) is 17.4 Å². The molecule has 1 heterocycles. The lowest BCUT2D eigenvalue weighted by Gasteiger charge is -2.19. The largest absolute Gasteiger partial charge is 0.461 e. The number of H-pyrrole nitrogens is 1. The first-order valence-electron chi connectivity index (χ1n) is 8.54. The minimum absolute atomic E-state index is 0.0788. The quantitative estimate of drug-likeness (QED) is 0.435. The van der Waals surface area contributed by atoms with Crippen molar-refractivity contribution in [1.29, 1.82) is 0 Å². The zero-order valence-corrected chi connectivity index (χ0v) is 15.8. The zero-order valence-electron chi connectivity index (χ0n) is 15.8. The summed E-state index contributed by atoms with van der Waals surface area (Å²) in [6.07, 6.45) is -0.435. The van der Waals surface area contributed by atoms with Gasteiger partial charge in [0.05, 0.1) is 19.3 Å². The molecule has 0 spiro atoms. The number of likely N-dealkylation sites (N-methyl/N-ethyl adjacent to an activating group) is 1. The molecular weight excluding hydrogens is 357 g/mol. The standard InChI is InChI=1S/C18H24FN3O5/c1-5-27-18(24)17-16(12-8-11(19)6-7-13(12)20-17)21-14(23)9-22(2)10-15(25-3)26-4/h6-8,15,20H,5,9-10H2,1-4H3,(H,21,23)/p+1. The number of hydrogen-bond acceptors (Lipinski definition) is 5. The fraction of sp³-hybridized carbons (Fsp3) is 0.444. The number of rotatable bonds is 9. The van der Waals surface area contributed by atoms with E-state index in [4.69, 9.17) is 14.2 Å². The molecule has 2 rings (SSSR count). The molecule has 27 heavy (non-hydrogen) atoms. The third kappa shape index (κ3) is 5.25. The van der Waals surface area contributed by atoms with Gasteiger partial charge in [-0.05, 0) is 25.1 Å². The van der Waals surface area contributed by atoms with Crippen LogP contribution in [0.25, 0.3) is 10.9 Å². The zero-order chi connectivity index (χ0) is 20.0. The van der Waals surface area contributed by atoms with Crippen molar-refractivity contribution in [2.45, 2.75) is 13.2 Å². The van der Waals surface area contributed by atoms with E-state index < -0.39 is 18.1 Å². The Bertz CT molecular complexity index is 804. The van der Waals surface area contributed by atoms with E-state index in [1.54, 1.807) is 6.92 Å². The number of anilines is 1. The molecule has 1 unspecified atom stereocenters. The number of aromatic nitrogens is 1. The number of ether oxygens (including phenoxy) is 3. The summed E-state index contributed by atoms with van der Waals surface area (Å²) in [5.41, 5.74) is 0.806. The summed E-state index contributed by atoms with van der Waals surface area (Å²) >= 11 is 0. The number of benzene rings is 1. The van der Waals surface area contributed by atoms with Crippen LogP contribution >= 0.6 is 0 Å². The molecule has 1 aromatic heterocycles. The first-order chi connectivity index (χ1) is 12.9. The Morgan fingerprint density at radius 2 is 2.00 bits per heavy atom. The van der Waals surface area contributed by atoms with Gasteiger partial charge in [-0.1, -0.05) is 0 Å². The van der Waals surface area contributed by atoms with Gasteiger partial charge in [0, 0.05) is 25.1 Å². The lowest BCUT2D eigenvalue weighted by Crippen LogP contribution is -3.11. The van der Waals surface area contributed by atoms with Crippen molar-refractivity contribution in [1.82, 2.24) is 4.98 Å². The number of fused-ring (bicyclic) bond motifs is 1. The highest BCUT2D eigenvalue weighted by molar-refractivity contribution is 6.11. The number of methoxy groups -OCH3 is 2. The second kappa shape index (κ2) is 9.45. The topological polar surface area (TPSA) is 94.1 Å². The number of quaternary nitrogens is 1. The first kappa shape index (κ1) is 20.8. The molecule has 0 aliphatic heterocycles. The maximum Gasteiger partial charge on any atom is 0.356 e. The lowest BCUT2D eigenvalue weighted by atomic mass is 10.2. The second-order valence-electron chi connectivity index (χ2n) is 6.07. The van der Waals surface area contributed by atoms with Gasteiger partial charge < -0.3 is 29.4 Å². The number of amides is 1. The maximum absolute atomic E-state index is 13.7. The second-order valence-corrected chi connectivity index (χ2v) is 6.07. The molecule has 1 aromatic carbocycles. The summed E-state index contributed by atoms with van der Waals surface area (Å²) in [6, 6.07) is 4.03. The van der Waals surface area contributed by atoms with Crippen LogP contribution in [-0.2, 0) is 19.0 Å². The molecule has 1 amide bonds. The van der Waals surface area contributed by atoms with E-state index in [1.807, 2.05) is 7.05 Å². The van der Waals surface area contributed by atoms with Crippen molar-refractivity contribution in [3.8, 4) is 0 Å². The number of aromatic amines is 1. The normalized spacial score (nSPS) is 12.4. The van der Waals surface area contributed by atoms with Gasteiger partial charge in [-0.25, -0.2) is 9.18 Å². The number of esters is 1. The number of carbonyl (C=O) groups is 2. The van der Waals surface area contributed by atoms with Crippen LogP contribution in [0.15, 0.2) is 18.2 Å². The average Bonchev–Trinajstić information content (AvgIpc) is 2.97. The molecule has 8 nitrogen and oxygen atoms in total. The highest BCUT2D eigenvalue weighted by atomic mass is 19.1. The Labute approximate surface area is 156 Å². The van der Waals surface area contributed by atoms with Gasteiger partial charge in [0.25, 0.3) is 5.91 Å². The molecule has 9 heteroatoms. The van der Waals surface area contributed by atoms with E-state index in [0.717, 1.165) is 4.90 Å². The monoisotopic (exact) mass is 382 g/mol. The van der Waals surface area contributed by atoms with E-state index in [0.29, 0.717) is 17.4 Å². The molecule has 0 aliphatic rings. The molecule has 0 fully saturated rings. The molecule has 2 aromatic rings. The fourth-order valence-electron chi connectivity index (χ4n) is 2.73. The fourth-order valence-corrected chi connectivity index (χ4v) is 2.73. The highest BCUT2D eigenvalue weighted by Crippen LogP contribution is 2.29. The molecule has 148 valence electrons. The Hall–Kier alpha value is -2.49. The Morgan fingerprint density at radius 1 is 1.30 bits per heavy atom. The van der Waals surface area contributed by atoms with Gasteiger partial charge in [0.2, 0.25) is 6.29 Å². The van der Waals surface area contributed by atoms with Crippen molar-refractivity contribution in [2.75, 3.05) is 46.3 Å². The SMILES string of the molecule is CCOC(=O)c1[nH]c2ccc(F)cc2c1NC(=O)C[NH+](C)CC(OC)OC. The summed E-state index contributed by atoms with van der Waals surface area (Å²) in [7, 11) is 4.85. The van der Waals surface area contributed by atoms with Crippen LogP contribution in [0, 0.1) is 5.82 Å². The molecule has 1 atom stereocenters. The summed E-state index contributed by atoms with van der Waals surface area (Å²) in [4.78, 5) is 28.4. The van der Waals surface area contributed by atoms with Crippen molar-refractivity contribution in [3.63, 3.8) is 0 Å². The summed E-state index contributed by atoms with van der Waals surface area (Å²) in [5, 5.41) is 3.10. The third-order valence-electron chi connectivity index (χ3n) is 4.01. The van der Waals surface area contributed by atoms with Gasteiger partial charge in [-0.15, -0.1) is 0 Å². The van der Waals surface area contributed by atoms with Crippen LogP contribution < -0.4 is 10.2 Å². The first-order valence-corrected chi connectivity index (χ1v) is 8.54. The van der Waals surface area contributed by atoms with Gasteiger partial charge in [0.15, 0.2) is 6.54 Å². The summed E-state index contributed by atoms with van der Waals surface area (Å²) < 4.78 is 28.9. The molecule has 0 saturated carbocycles. The Kier molecular flexibility index (Phi) is 7.28. The minimum atomic E-state index is -0.621. The van der Waals surface area contributed by atoms with E-state index >= 15 is 0 Å². The predicted octanol–water partition coefficient (Wildman–Crippen LogP) is 0.556. The molecule has 0 bridgehead atoms. The Morgan fingerprint density at radius 3 is 2.63 bits per heavy atom. The van der Waals surface area contributed by atoms with E-state index in [9.17, 15) is 14.0 Å². The summed E-state index contributed by atoms with van der Waals surface area (Å²) in [5.74, 6) is -1.43. The minimum Gasteiger partial charge on any atom is -0.461 e. The molecule has 0 aliphatic carbocycles.